The molecule has 0 unspecified atom stereocenters. The zero-order chi connectivity index (χ0) is 22.4. The topological polar surface area (TPSA) is 99.2 Å². The summed E-state index contributed by atoms with van der Waals surface area (Å²) in [5.41, 5.74) is 1.93. The van der Waals surface area contributed by atoms with E-state index in [0.29, 0.717) is 22.9 Å². The molecule has 2 N–H and O–H groups in total. The van der Waals surface area contributed by atoms with E-state index in [4.69, 9.17) is 0 Å². The molecule has 164 valence electrons. The van der Waals surface area contributed by atoms with Gasteiger partial charge < -0.3 is 15.1 Å². The number of carbonyl (C=O) groups excluding carboxylic acids is 1. The standard InChI is InChI=1S/C21H28N8OS/c1-14-6-8-16(9-7-14)25-18(30)12-17-13-22-21(31-17)27-19-23-15(2)24-20(26-19)29(5)11-10-28(3)4/h6-9,13H,10-12H2,1-5H3,(H,25,30)(H,22,23,24,26,27). The van der Waals surface area contributed by atoms with E-state index in [9.17, 15) is 4.79 Å². The first-order valence-electron chi connectivity index (χ1n) is 9.95. The third kappa shape index (κ3) is 6.97. The van der Waals surface area contributed by atoms with Gasteiger partial charge in [-0.15, -0.1) is 11.3 Å². The number of hydrogen-bond acceptors (Lipinski definition) is 9. The van der Waals surface area contributed by atoms with Crippen molar-refractivity contribution in [2.75, 3.05) is 49.8 Å². The molecule has 0 bridgehead atoms. The van der Waals surface area contributed by atoms with E-state index in [-0.39, 0.29) is 12.3 Å². The smallest absolute Gasteiger partial charge is 0.234 e. The number of aryl methyl sites for hydroxylation is 2. The Labute approximate surface area is 186 Å². The van der Waals surface area contributed by atoms with Gasteiger partial charge in [0.2, 0.25) is 17.8 Å². The summed E-state index contributed by atoms with van der Waals surface area (Å²) in [6.07, 6.45) is 1.95. The van der Waals surface area contributed by atoms with Gasteiger partial charge in [0.15, 0.2) is 5.13 Å². The molecule has 2 aromatic heterocycles. The first-order chi connectivity index (χ1) is 14.8. The van der Waals surface area contributed by atoms with Gasteiger partial charge in [0.1, 0.15) is 5.82 Å². The lowest BCUT2D eigenvalue weighted by atomic mass is 10.2. The van der Waals surface area contributed by atoms with Crippen molar-refractivity contribution in [3.8, 4) is 0 Å². The fourth-order valence-electron chi connectivity index (χ4n) is 2.69. The monoisotopic (exact) mass is 440 g/mol. The van der Waals surface area contributed by atoms with Gasteiger partial charge in [-0.1, -0.05) is 17.7 Å². The maximum atomic E-state index is 12.3. The van der Waals surface area contributed by atoms with Crippen LogP contribution in [-0.4, -0.2) is 65.0 Å². The molecule has 9 nitrogen and oxygen atoms in total. The normalized spacial score (nSPS) is 10.9. The van der Waals surface area contributed by atoms with E-state index in [0.717, 1.165) is 29.2 Å². The average molecular weight is 441 g/mol. The third-order valence-electron chi connectivity index (χ3n) is 4.40. The van der Waals surface area contributed by atoms with Gasteiger partial charge in [0, 0.05) is 36.9 Å². The molecule has 3 rings (SSSR count). The van der Waals surface area contributed by atoms with Crippen LogP contribution in [0, 0.1) is 13.8 Å². The van der Waals surface area contributed by atoms with Crippen molar-refractivity contribution in [3.63, 3.8) is 0 Å². The molecule has 31 heavy (non-hydrogen) atoms. The zero-order valence-electron chi connectivity index (χ0n) is 18.5. The lowest BCUT2D eigenvalue weighted by Gasteiger charge is -2.20. The number of nitrogens with zero attached hydrogens (tertiary/aromatic N) is 6. The Hall–Kier alpha value is -3.11. The number of hydrogen-bond donors (Lipinski definition) is 2. The van der Waals surface area contributed by atoms with Gasteiger partial charge in [-0.2, -0.15) is 15.0 Å². The van der Waals surface area contributed by atoms with Crippen LogP contribution in [0.1, 0.15) is 16.3 Å². The fourth-order valence-corrected chi connectivity index (χ4v) is 3.49. The molecule has 10 heteroatoms. The summed E-state index contributed by atoms with van der Waals surface area (Å²) in [6, 6.07) is 7.72. The van der Waals surface area contributed by atoms with Gasteiger partial charge in [-0.25, -0.2) is 4.98 Å². The van der Waals surface area contributed by atoms with E-state index >= 15 is 0 Å². The average Bonchev–Trinajstić information content (AvgIpc) is 3.13. The van der Waals surface area contributed by atoms with Crippen LogP contribution in [0.5, 0.6) is 0 Å². The van der Waals surface area contributed by atoms with Crippen LogP contribution in [-0.2, 0) is 11.2 Å². The Bertz CT molecular complexity index is 1020. The number of rotatable bonds is 9. The molecule has 0 aliphatic rings. The van der Waals surface area contributed by atoms with Gasteiger partial charge in [-0.3, -0.25) is 10.1 Å². The largest absolute Gasteiger partial charge is 0.342 e. The molecular weight excluding hydrogens is 412 g/mol. The van der Waals surface area contributed by atoms with Crippen molar-refractivity contribution in [2.24, 2.45) is 0 Å². The van der Waals surface area contributed by atoms with E-state index in [1.807, 2.05) is 64.2 Å². The summed E-state index contributed by atoms with van der Waals surface area (Å²) >= 11 is 1.40. The Kier molecular flexibility index (Phi) is 7.48. The van der Waals surface area contributed by atoms with Gasteiger partial charge >= 0.3 is 0 Å². The highest BCUT2D eigenvalue weighted by Crippen LogP contribution is 2.22. The molecule has 0 aliphatic heterocycles. The Morgan fingerprint density at radius 1 is 1.03 bits per heavy atom. The number of likely N-dealkylation sites (N-methyl/N-ethyl adjacent to an activating group) is 2. The summed E-state index contributed by atoms with van der Waals surface area (Å²) < 4.78 is 0. The number of thiazole rings is 1. The third-order valence-corrected chi connectivity index (χ3v) is 5.31. The molecule has 0 spiro atoms. The van der Waals surface area contributed by atoms with E-state index in [1.165, 1.54) is 11.3 Å². The minimum absolute atomic E-state index is 0.0835. The predicted molar refractivity (Wildman–Crippen MR) is 125 cm³/mol. The van der Waals surface area contributed by atoms with E-state index in [1.54, 1.807) is 6.20 Å². The highest BCUT2D eigenvalue weighted by Gasteiger charge is 2.12. The Morgan fingerprint density at radius 3 is 2.48 bits per heavy atom. The van der Waals surface area contributed by atoms with Crippen molar-refractivity contribution in [3.05, 3.63) is 46.7 Å². The maximum absolute atomic E-state index is 12.3. The highest BCUT2D eigenvalue weighted by molar-refractivity contribution is 7.15. The van der Waals surface area contributed by atoms with Crippen LogP contribution in [0.3, 0.4) is 0 Å². The lowest BCUT2D eigenvalue weighted by molar-refractivity contribution is -0.115. The SMILES string of the molecule is Cc1ccc(NC(=O)Cc2cnc(Nc3nc(C)nc(N(C)CCN(C)C)n3)s2)cc1. The summed E-state index contributed by atoms with van der Waals surface area (Å²) in [4.78, 5) is 34.9. The lowest BCUT2D eigenvalue weighted by Crippen LogP contribution is -2.30. The second-order valence-electron chi connectivity index (χ2n) is 7.58. The van der Waals surface area contributed by atoms with Crippen molar-refractivity contribution in [1.82, 2.24) is 24.8 Å². The molecule has 3 aromatic rings. The Morgan fingerprint density at radius 2 is 1.77 bits per heavy atom. The summed E-state index contributed by atoms with van der Waals surface area (Å²) in [7, 11) is 6.01. The molecule has 0 saturated carbocycles. The minimum atomic E-state index is -0.0835. The number of carbonyl (C=O) groups is 1. The highest BCUT2D eigenvalue weighted by atomic mass is 32.1. The molecule has 0 radical (unpaired) electrons. The number of benzene rings is 1. The van der Waals surface area contributed by atoms with Crippen molar-refractivity contribution < 1.29 is 4.79 Å². The maximum Gasteiger partial charge on any atom is 0.234 e. The van der Waals surface area contributed by atoms with Crippen LogP contribution in [0.2, 0.25) is 0 Å². The minimum Gasteiger partial charge on any atom is -0.342 e. The van der Waals surface area contributed by atoms with Crippen LogP contribution >= 0.6 is 11.3 Å². The molecule has 0 saturated heterocycles. The molecule has 1 aromatic carbocycles. The van der Waals surface area contributed by atoms with Crippen LogP contribution in [0.15, 0.2) is 30.5 Å². The summed E-state index contributed by atoms with van der Waals surface area (Å²) in [5, 5.41) is 6.66. The number of nitrogens with one attached hydrogen (secondary N) is 2. The molecular formula is C21H28N8OS. The summed E-state index contributed by atoms with van der Waals surface area (Å²) in [5.74, 6) is 1.58. The molecule has 1 amide bonds. The fraction of sp³-hybridized carbons (Fsp3) is 0.381. The number of amides is 1. The summed E-state index contributed by atoms with van der Waals surface area (Å²) in [6.45, 7) is 5.53. The first kappa shape index (κ1) is 22.6. The van der Waals surface area contributed by atoms with E-state index in [2.05, 4.69) is 35.5 Å². The van der Waals surface area contributed by atoms with Gasteiger partial charge in [-0.05, 0) is 40.1 Å². The molecule has 2 heterocycles. The first-order valence-corrected chi connectivity index (χ1v) is 10.8. The number of aromatic nitrogens is 4. The van der Waals surface area contributed by atoms with E-state index < -0.39 is 0 Å². The van der Waals surface area contributed by atoms with Gasteiger partial charge in [0.05, 0.1) is 6.42 Å². The second kappa shape index (κ2) is 10.3. The van der Waals surface area contributed by atoms with Crippen LogP contribution < -0.4 is 15.5 Å². The molecule has 0 fully saturated rings. The van der Waals surface area contributed by atoms with Crippen molar-refractivity contribution in [1.29, 1.82) is 0 Å². The Balaban J connectivity index is 1.61. The second-order valence-corrected chi connectivity index (χ2v) is 8.69. The van der Waals surface area contributed by atoms with Crippen LogP contribution in [0.4, 0.5) is 22.7 Å². The predicted octanol–water partition coefficient (Wildman–Crippen LogP) is 2.87. The van der Waals surface area contributed by atoms with Gasteiger partial charge in [0.25, 0.3) is 0 Å². The number of anilines is 4. The molecule has 0 atom stereocenters. The zero-order valence-corrected chi connectivity index (χ0v) is 19.3. The molecule has 0 aliphatic carbocycles. The van der Waals surface area contributed by atoms with Crippen molar-refractivity contribution >= 4 is 40.0 Å². The van der Waals surface area contributed by atoms with Crippen molar-refractivity contribution in [2.45, 2.75) is 20.3 Å². The van der Waals surface area contributed by atoms with Crippen LogP contribution in [0.25, 0.3) is 0 Å². The quantitative estimate of drug-likeness (QED) is 0.524.